The van der Waals surface area contributed by atoms with E-state index in [1.165, 1.54) is 0 Å². The summed E-state index contributed by atoms with van der Waals surface area (Å²) in [6, 6.07) is 13.2. The molecule has 2 aliphatic rings. The zero-order valence-electron chi connectivity index (χ0n) is 24.4. The van der Waals surface area contributed by atoms with E-state index in [9.17, 15) is 0 Å². The van der Waals surface area contributed by atoms with Crippen LogP contribution in [-0.4, -0.2) is 46.2 Å². The summed E-state index contributed by atoms with van der Waals surface area (Å²) in [7, 11) is 0. The van der Waals surface area contributed by atoms with Gasteiger partial charge in [-0.05, 0) is 87.9 Å². The van der Waals surface area contributed by atoms with E-state index in [-0.39, 0.29) is 0 Å². The monoisotopic (exact) mass is 546 g/mol. The van der Waals surface area contributed by atoms with E-state index in [2.05, 4.69) is 57.2 Å². The van der Waals surface area contributed by atoms with Gasteiger partial charge in [-0.15, -0.1) is 0 Å². The van der Waals surface area contributed by atoms with Crippen molar-refractivity contribution in [2.75, 3.05) is 46.2 Å². The molecule has 0 unspecified atom stereocenters. The fourth-order valence-corrected chi connectivity index (χ4v) is 5.56. The van der Waals surface area contributed by atoms with Crippen LogP contribution in [0, 0.1) is 20.8 Å². The normalized spacial score (nSPS) is 16.6. The number of aryl methyl sites for hydroxylation is 3. The molecule has 8 bridgehead atoms. The van der Waals surface area contributed by atoms with E-state index >= 15 is 0 Å². The number of ether oxygens (including phenoxy) is 6. The Hall–Kier alpha value is -3.06. The fourth-order valence-electron chi connectivity index (χ4n) is 5.56. The van der Waals surface area contributed by atoms with Crippen LogP contribution in [0.4, 0.5) is 0 Å². The maximum atomic E-state index is 6.58. The standard InChI is InChI=1S/C34H42O6/c1-5-38-34-30-19-25(4)20-31(34)29-18-24(3)16-27-22-37-14-12-35-11-13-36-21-26-15-23(2)17-28(30)32(26)39-9-7-6-8-10-40-33(27)29/h15-20H,5-14,21-22H2,1-4H3. The van der Waals surface area contributed by atoms with Crippen LogP contribution in [-0.2, 0) is 27.4 Å². The van der Waals surface area contributed by atoms with Crippen molar-refractivity contribution in [1.29, 1.82) is 0 Å². The molecule has 6 heteroatoms. The van der Waals surface area contributed by atoms with Crippen molar-refractivity contribution in [3.05, 3.63) is 64.2 Å². The summed E-state index contributed by atoms with van der Waals surface area (Å²) in [6.45, 7) is 13.1. The highest BCUT2D eigenvalue weighted by Crippen LogP contribution is 2.48. The van der Waals surface area contributed by atoms with E-state index in [4.69, 9.17) is 28.4 Å². The third-order valence-electron chi connectivity index (χ3n) is 7.26. The first-order valence-electron chi connectivity index (χ1n) is 14.6. The Kier molecular flexibility index (Phi) is 9.63. The molecule has 0 amide bonds. The molecule has 0 aliphatic carbocycles. The molecule has 0 spiro atoms. The predicted octanol–water partition coefficient (Wildman–Crippen LogP) is 7.35. The first-order valence-corrected chi connectivity index (χ1v) is 14.6. The van der Waals surface area contributed by atoms with Crippen LogP contribution in [0.1, 0.15) is 54.0 Å². The van der Waals surface area contributed by atoms with E-state index < -0.39 is 0 Å². The Morgan fingerprint density at radius 1 is 0.550 bits per heavy atom. The van der Waals surface area contributed by atoms with Gasteiger partial charge in [0.25, 0.3) is 0 Å². The van der Waals surface area contributed by atoms with E-state index in [1.54, 1.807) is 0 Å². The Morgan fingerprint density at radius 3 is 1.50 bits per heavy atom. The van der Waals surface area contributed by atoms with E-state index in [0.29, 0.717) is 59.5 Å². The summed E-state index contributed by atoms with van der Waals surface area (Å²) < 4.78 is 37.6. The Morgan fingerprint density at radius 2 is 1.00 bits per heavy atom. The molecule has 0 saturated heterocycles. The summed E-state index contributed by atoms with van der Waals surface area (Å²) in [4.78, 5) is 0. The minimum atomic E-state index is 0.450. The van der Waals surface area contributed by atoms with Crippen LogP contribution in [0.5, 0.6) is 17.2 Å². The highest BCUT2D eigenvalue weighted by Gasteiger charge is 2.24. The molecule has 0 saturated carbocycles. The van der Waals surface area contributed by atoms with Crippen molar-refractivity contribution in [3.8, 4) is 39.5 Å². The first kappa shape index (κ1) is 28.5. The average Bonchev–Trinajstić information content (AvgIpc) is 2.92. The predicted molar refractivity (Wildman–Crippen MR) is 158 cm³/mol. The largest absolute Gasteiger partial charge is 0.493 e. The first-order chi connectivity index (χ1) is 19.5. The van der Waals surface area contributed by atoms with Crippen molar-refractivity contribution >= 4 is 0 Å². The Bertz CT molecular complexity index is 1220. The van der Waals surface area contributed by atoms with Gasteiger partial charge in [0.2, 0.25) is 0 Å². The molecule has 214 valence electrons. The van der Waals surface area contributed by atoms with Gasteiger partial charge in [-0.2, -0.15) is 0 Å². The zero-order chi connectivity index (χ0) is 27.9. The molecule has 2 aliphatic heterocycles. The highest BCUT2D eigenvalue weighted by molar-refractivity contribution is 5.88. The van der Waals surface area contributed by atoms with Crippen molar-refractivity contribution < 1.29 is 28.4 Å². The van der Waals surface area contributed by atoms with Crippen LogP contribution in [0.3, 0.4) is 0 Å². The van der Waals surface area contributed by atoms with Crippen molar-refractivity contribution in [1.82, 2.24) is 0 Å². The number of hydrogen-bond donors (Lipinski definition) is 0. The quantitative estimate of drug-likeness (QED) is 0.335. The maximum Gasteiger partial charge on any atom is 0.135 e. The molecule has 0 aromatic heterocycles. The second-order valence-electron chi connectivity index (χ2n) is 10.7. The molecule has 0 atom stereocenters. The van der Waals surface area contributed by atoms with Gasteiger partial charge in [-0.25, -0.2) is 0 Å². The van der Waals surface area contributed by atoms with Gasteiger partial charge in [0.05, 0.1) is 59.5 Å². The lowest BCUT2D eigenvalue weighted by Crippen LogP contribution is -2.12. The van der Waals surface area contributed by atoms with Crippen molar-refractivity contribution in [2.24, 2.45) is 0 Å². The van der Waals surface area contributed by atoms with Crippen LogP contribution < -0.4 is 14.2 Å². The number of hydrogen-bond acceptors (Lipinski definition) is 6. The van der Waals surface area contributed by atoms with Crippen LogP contribution >= 0.6 is 0 Å². The molecule has 0 radical (unpaired) electrons. The van der Waals surface area contributed by atoms with Gasteiger partial charge in [-0.1, -0.05) is 12.1 Å². The van der Waals surface area contributed by atoms with Gasteiger partial charge >= 0.3 is 0 Å². The minimum absolute atomic E-state index is 0.450. The number of rotatable bonds is 2. The lowest BCUT2D eigenvalue weighted by atomic mass is 9.90. The smallest absolute Gasteiger partial charge is 0.135 e. The third kappa shape index (κ3) is 6.63. The summed E-state index contributed by atoms with van der Waals surface area (Å²) in [6.07, 6.45) is 2.91. The molecule has 3 aromatic carbocycles. The van der Waals surface area contributed by atoms with E-state index in [0.717, 1.165) is 86.6 Å². The number of benzene rings is 3. The van der Waals surface area contributed by atoms with Gasteiger partial charge in [0.15, 0.2) is 0 Å². The summed E-state index contributed by atoms with van der Waals surface area (Å²) in [5, 5.41) is 0. The fraction of sp³-hybridized carbons (Fsp3) is 0.471. The maximum absolute atomic E-state index is 6.58. The van der Waals surface area contributed by atoms with Crippen molar-refractivity contribution in [3.63, 3.8) is 0 Å². The van der Waals surface area contributed by atoms with Gasteiger partial charge in [-0.3, -0.25) is 0 Å². The molecule has 0 fully saturated rings. The van der Waals surface area contributed by atoms with Crippen LogP contribution in [0.15, 0.2) is 36.4 Å². The molecule has 2 heterocycles. The van der Waals surface area contributed by atoms with Gasteiger partial charge < -0.3 is 28.4 Å². The SMILES string of the molecule is CCOc1c2cc(C)cc1-c1cc(C)cc3c1OCCCCCOc1c(cc(C)cc1-2)COCCOCCOC3. The topological polar surface area (TPSA) is 55.4 Å². The molecular formula is C34H42O6. The second-order valence-corrected chi connectivity index (χ2v) is 10.7. The second kappa shape index (κ2) is 13.5. The summed E-state index contributed by atoms with van der Waals surface area (Å²) in [5.74, 6) is 2.58. The van der Waals surface area contributed by atoms with Crippen LogP contribution in [0.2, 0.25) is 0 Å². The molecule has 40 heavy (non-hydrogen) atoms. The molecule has 5 rings (SSSR count). The lowest BCUT2D eigenvalue weighted by molar-refractivity contribution is 0.00635. The average molecular weight is 547 g/mol. The van der Waals surface area contributed by atoms with Gasteiger partial charge in [0.1, 0.15) is 17.2 Å². The highest BCUT2D eigenvalue weighted by atomic mass is 16.5. The minimum Gasteiger partial charge on any atom is -0.493 e. The summed E-state index contributed by atoms with van der Waals surface area (Å²) >= 11 is 0. The Labute approximate surface area is 238 Å². The van der Waals surface area contributed by atoms with E-state index in [1.807, 2.05) is 6.92 Å². The zero-order valence-corrected chi connectivity index (χ0v) is 24.4. The molecule has 3 aromatic rings. The lowest BCUT2D eigenvalue weighted by Gasteiger charge is -2.24. The van der Waals surface area contributed by atoms with Crippen molar-refractivity contribution in [2.45, 2.75) is 60.2 Å². The molecule has 0 N–H and O–H groups in total. The molecular weight excluding hydrogens is 504 g/mol. The molecule has 6 nitrogen and oxygen atoms in total. The third-order valence-corrected chi connectivity index (χ3v) is 7.26. The van der Waals surface area contributed by atoms with Crippen LogP contribution in [0.25, 0.3) is 22.3 Å². The Balaban J connectivity index is 1.82. The van der Waals surface area contributed by atoms with Gasteiger partial charge in [0, 0.05) is 33.4 Å². The summed E-state index contributed by atoms with van der Waals surface area (Å²) in [5.41, 5.74) is 9.61.